The van der Waals surface area contributed by atoms with Crippen molar-refractivity contribution in [2.75, 3.05) is 38.5 Å². The van der Waals surface area contributed by atoms with E-state index in [1.807, 2.05) is 35.2 Å². The van der Waals surface area contributed by atoms with E-state index in [1.54, 1.807) is 12.3 Å². The Bertz CT molecular complexity index is 681. The lowest BCUT2D eigenvalue weighted by molar-refractivity contribution is 0.0658. The Balaban J connectivity index is 1.67. The van der Waals surface area contributed by atoms with Crippen LogP contribution in [0.5, 0.6) is 0 Å². The van der Waals surface area contributed by atoms with Crippen molar-refractivity contribution < 1.29 is 4.79 Å². The summed E-state index contributed by atoms with van der Waals surface area (Å²) in [6, 6.07) is 11.5. The fourth-order valence-corrected chi connectivity index (χ4v) is 2.87. The standard InChI is InChI=1S/C17H19BrN4O/c1-21-8-10-22(11-9-21)17(23)16-7-6-13(12-19-16)20-15-5-3-2-4-14(15)18/h2-7,12,20H,8-11H2,1H3. The highest BCUT2D eigenvalue weighted by molar-refractivity contribution is 9.10. The molecule has 0 bridgehead atoms. The van der Waals surface area contributed by atoms with E-state index in [4.69, 9.17) is 0 Å². The van der Waals surface area contributed by atoms with Crippen molar-refractivity contribution in [3.05, 3.63) is 52.8 Å². The Hall–Kier alpha value is -1.92. The predicted octanol–water partition coefficient (Wildman–Crippen LogP) is 2.98. The first-order valence-electron chi connectivity index (χ1n) is 7.59. The Morgan fingerprint density at radius 2 is 1.87 bits per heavy atom. The van der Waals surface area contributed by atoms with Gasteiger partial charge in [-0.3, -0.25) is 4.79 Å². The number of aromatic nitrogens is 1. The highest BCUT2D eigenvalue weighted by Gasteiger charge is 2.21. The van der Waals surface area contributed by atoms with Crippen LogP contribution in [-0.4, -0.2) is 53.9 Å². The van der Waals surface area contributed by atoms with Gasteiger partial charge in [0.2, 0.25) is 0 Å². The molecule has 1 aliphatic rings. The minimum atomic E-state index is 0.00513. The first-order chi connectivity index (χ1) is 11.1. The minimum absolute atomic E-state index is 0.00513. The highest BCUT2D eigenvalue weighted by Crippen LogP contribution is 2.25. The summed E-state index contributed by atoms with van der Waals surface area (Å²) >= 11 is 3.50. The summed E-state index contributed by atoms with van der Waals surface area (Å²) in [5.41, 5.74) is 2.31. The zero-order chi connectivity index (χ0) is 16.2. The summed E-state index contributed by atoms with van der Waals surface area (Å²) in [5.74, 6) is 0.00513. The van der Waals surface area contributed by atoms with Crippen molar-refractivity contribution >= 4 is 33.2 Å². The molecular formula is C17H19BrN4O. The van der Waals surface area contributed by atoms with Gasteiger partial charge in [0.1, 0.15) is 5.69 Å². The number of carbonyl (C=O) groups is 1. The molecule has 0 spiro atoms. The van der Waals surface area contributed by atoms with Crippen molar-refractivity contribution in [2.24, 2.45) is 0 Å². The summed E-state index contributed by atoms with van der Waals surface area (Å²) in [7, 11) is 2.07. The summed E-state index contributed by atoms with van der Waals surface area (Å²) < 4.78 is 0.984. The lowest BCUT2D eigenvalue weighted by atomic mass is 10.2. The molecule has 6 heteroatoms. The van der Waals surface area contributed by atoms with E-state index >= 15 is 0 Å². The van der Waals surface area contributed by atoms with E-state index in [9.17, 15) is 4.79 Å². The first kappa shape index (κ1) is 16.0. The van der Waals surface area contributed by atoms with E-state index in [0.717, 1.165) is 42.0 Å². The van der Waals surface area contributed by atoms with Crippen LogP contribution < -0.4 is 5.32 Å². The Labute approximate surface area is 144 Å². The minimum Gasteiger partial charge on any atom is -0.353 e. The monoisotopic (exact) mass is 374 g/mol. The largest absolute Gasteiger partial charge is 0.353 e. The van der Waals surface area contributed by atoms with E-state index in [0.29, 0.717) is 5.69 Å². The molecule has 2 aromatic rings. The number of carbonyl (C=O) groups excluding carboxylic acids is 1. The Morgan fingerprint density at radius 1 is 1.13 bits per heavy atom. The lowest BCUT2D eigenvalue weighted by Gasteiger charge is -2.32. The maximum absolute atomic E-state index is 12.4. The number of piperazine rings is 1. The third-order valence-electron chi connectivity index (χ3n) is 3.93. The van der Waals surface area contributed by atoms with Crippen LogP contribution in [-0.2, 0) is 0 Å². The molecule has 1 fully saturated rings. The normalized spacial score (nSPS) is 15.5. The van der Waals surface area contributed by atoms with Gasteiger partial charge in [-0.15, -0.1) is 0 Å². The summed E-state index contributed by atoms with van der Waals surface area (Å²) in [6.07, 6.45) is 1.70. The van der Waals surface area contributed by atoms with Crippen molar-refractivity contribution in [2.45, 2.75) is 0 Å². The molecule has 1 aliphatic heterocycles. The number of para-hydroxylation sites is 1. The van der Waals surface area contributed by atoms with Gasteiger partial charge in [-0.1, -0.05) is 12.1 Å². The third-order valence-corrected chi connectivity index (χ3v) is 4.62. The van der Waals surface area contributed by atoms with Gasteiger partial charge < -0.3 is 15.1 Å². The van der Waals surface area contributed by atoms with E-state index in [1.165, 1.54) is 0 Å². The zero-order valence-electron chi connectivity index (χ0n) is 13.0. The highest BCUT2D eigenvalue weighted by atomic mass is 79.9. The van der Waals surface area contributed by atoms with E-state index in [-0.39, 0.29) is 5.91 Å². The van der Waals surface area contributed by atoms with Crippen molar-refractivity contribution in [1.82, 2.24) is 14.8 Å². The second-order valence-corrected chi connectivity index (χ2v) is 6.49. The molecule has 1 N–H and O–H groups in total. The summed E-state index contributed by atoms with van der Waals surface area (Å²) in [6.45, 7) is 3.34. The van der Waals surface area contributed by atoms with Crippen LogP contribution in [0.25, 0.3) is 0 Å². The fourth-order valence-electron chi connectivity index (χ4n) is 2.48. The molecule has 120 valence electrons. The quantitative estimate of drug-likeness (QED) is 0.896. The molecule has 1 aromatic heterocycles. The van der Waals surface area contributed by atoms with Gasteiger partial charge >= 0.3 is 0 Å². The van der Waals surface area contributed by atoms with Gasteiger partial charge in [0.15, 0.2) is 0 Å². The number of anilines is 2. The van der Waals surface area contributed by atoms with E-state index < -0.39 is 0 Å². The van der Waals surface area contributed by atoms with Crippen LogP contribution in [0.3, 0.4) is 0 Å². The van der Waals surface area contributed by atoms with Gasteiger partial charge in [0, 0.05) is 30.7 Å². The van der Waals surface area contributed by atoms with Crippen molar-refractivity contribution in [3.63, 3.8) is 0 Å². The van der Waals surface area contributed by atoms with Crippen LogP contribution >= 0.6 is 15.9 Å². The number of hydrogen-bond donors (Lipinski definition) is 1. The molecular weight excluding hydrogens is 356 g/mol. The van der Waals surface area contributed by atoms with Crippen molar-refractivity contribution in [1.29, 1.82) is 0 Å². The molecule has 1 aromatic carbocycles. The number of pyridine rings is 1. The molecule has 1 amide bonds. The number of hydrogen-bond acceptors (Lipinski definition) is 4. The average molecular weight is 375 g/mol. The topological polar surface area (TPSA) is 48.5 Å². The first-order valence-corrected chi connectivity index (χ1v) is 8.38. The summed E-state index contributed by atoms with van der Waals surface area (Å²) in [4.78, 5) is 20.9. The smallest absolute Gasteiger partial charge is 0.272 e. The maximum Gasteiger partial charge on any atom is 0.272 e. The number of amides is 1. The van der Waals surface area contributed by atoms with Crippen LogP contribution in [0.15, 0.2) is 47.1 Å². The molecule has 5 nitrogen and oxygen atoms in total. The van der Waals surface area contributed by atoms with Gasteiger partial charge in [0.05, 0.1) is 17.6 Å². The SMILES string of the molecule is CN1CCN(C(=O)c2ccc(Nc3ccccc3Br)cn2)CC1. The average Bonchev–Trinajstić information content (AvgIpc) is 2.58. The molecule has 2 heterocycles. The number of benzene rings is 1. The van der Waals surface area contributed by atoms with Crippen LogP contribution in [0.2, 0.25) is 0 Å². The summed E-state index contributed by atoms with van der Waals surface area (Å²) in [5, 5.41) is 3.28. The number of halogens is 1. The van der Waals surface area contributed by atoms with Gasteiger partial charge in [-0.25, -0.2) is 4.98 Å². The molecule has 0 radical (unpaired) electrons. The lowest BCUT2D eigenvalue weighted by Crippen LogP contribution is -2.47. The zero-order valence-corrected chi connectivity index (χ0v) is 14.6. The number of nitrogens with one attached hydrogen (secondary N) is 1. The number of rotatable bonds is 3. The van der Waals surface area contributed by atoms with E-state index in [2.05, 4.69) is 38.2 Å². The second kappa shape index (κ2) is 7.10. The van der Waals surface area contributed by atoms with Gasteiger partial charge in [-0.2, -0.15) is 0 Å². The molecule has 0 saturated carbocycles. The van der Waals surface area contributed by atoms with Crippen molar-refractivity contribution in [3.8, 4) is 0 Å². The van der Waals surface area contributed by atoms with Gasteiger partial charge in [-0.05, 0) is 47.2 Å². The molecule has 23 heavy (non-hydrogen) atoms. The fraction of sp³-hybridized carbons (Fsp3) is 0.294. The molecule has 0 atom stereocenters. The molecule has 0 unspecified atom stereocenters. The maximum atomic E-state index is 12.4. The predicted molar refractivity (Wildman–Crippen MR) is 95.1 cm³/mol. The Morgan fingerprint density at radius 3 is 2.52 bits per heavy atom. The van der Waals surface area contributed by atoms with Crippen LogP contribution in [0.1, 0.15) is 10.5 Å². The number of likely N-dealkylation sites (N-methyl/N-ethyl adjacent to an activating group) is 1. The number of nitrogens with zero attached hydrogens (tertiary/aromatic N) is 3. The van der Waals surface area contributed by atoms with Crippen LogP contribution in [0.4, 0.5) is 11.4 Å². The third kappa shape index (κ3) is 3.89. The Kier molecular flexibility index (Phi) is 4.93. The van der Waals surface area contributed by atoms with Gasteiger partial charge in [0.25, 0.3) is 5.91 Å². The molecule has 3 rings (SSSR count). The molecule has 1 saturated heterocycles. The molecule has 0 aliphatic carbocycles. The second-order valence-electron chi connectivity index (χ2n) is 5.63. The van der Waals surface area contributed by atoms with Crippen LogP contribution in [0, 0.1) is 0 Å².